The van der Waals surface area contributed by atoms with Gasteiger partial charge in [-0.05, 0) is 18.4 Å². The molecule has 0 spiro atoms. The Morgan fingerprint density at radius 3 is 2.65 bits per heavy atom. The summed E-state index contributed by atoms with van der Waals surface area (Å²) in [5, 5.41) is 1.96. The fraction of sp³-hybridized carbons (Fsp3) is 0.545. The molecule has 6 heteroatoms. The van der Waals surface area contributed by atoms with Gasteiger partial charge in [0.15, 0.2) is 0 Å². The molecule has 17 heavy (non-hydrogen) atoms. The quantitative estimate of drug-likeness (QED) is 0.822. The van der Waals surface area contributed by atoms with Gasteiger partial charge in [0.25, 0.3) is 0 Å². The normalized spacial score (nSPS) is 13.4. The molecule has 0 aromatic carbocycles. The highest BCUT2D eigenvalue weighted by molar-refractivity contribution is 7.90. The Kier molecular flexibility index (Phi) is 4.70. The van der Waals surface area contributed by atoms with Crippen LogP contribution in [0.4, 0.5) is 0 Å². The first-order valence-corrected chi connectivity index (χ1v) is 8.22. The third kappa shape index (κ3) is 4.47. The van der Waals surface area contributed by atoms with Crippen LogP contribution in [0.15, 0.2) is 17.5 Å². The molecule has 0 aliphatic carbocycles. The average molecular weight is 275 g/mol. The van der Waals surface area contributed by atoms with Crippen LogP contribution in [-0.2, 0) is 14.6 Å². The van der Waals surface area contributed by atoms with Crippen LogP contribution < -0.4 is 0 Å². The molecule has 0 aliphatic rings. The minimum Gasteiger partial charge on any atom is -0.338 e. The third-order valence-electron chi connectivity index (χ3n) is 2.62. The summed E-state index contributed by atoms with van der Waals surface area (Å²) < 4.78 is 22.0. The Morgan fingerprint density at radius 2 is 2.18 bits per heavy atom. The summed E-state index contributed by atoms with van der Waals surface area (Å²) in [4.78, 5) is 14.5. The topological polar surface area (TPSA) is 54.5 Å². The number of nitrogens with zero attached hydrogens (tertiary/aromatic N) is 1. The molecule has 1 heterocycles. The van der Waals surface area contributed by atoms with E-state index in [1.807, 2.05) is 24.4 Å². The van der Waals surface area contributed by atoms with Gasteiger partial charge in [0.05, 0.1) is 11.8 Å². The maximum Gasteiger partial charge on any atom is 0.223 e. The van der Waals surface area contributed by atoms with E-state index in [0.717, 1.165) is 11.1 Å². The molecule has 1 rings (SSSR count). The van der Waals surface area contributed by atoms with Crippen LogP contribution in [0.1, 0.15) is 24.3 Å². The summed E-state index contributed by atoms with van der Waals surface area (Å²) >= 11 is 1.59. The predicted octanol–water partition coefficient (Wildman–Crippen LogP) is 1.70. The van der Waals surface area contributed by atoms with Crippen LogP contribution in [0.5, 0.6) is 0 Å². The van der Waals surface area contributed by atoms with Crippen LogP contribution in [0, 0.1) is 0 Å². The summed E-state index contributed by atoms with van der Waals surface area (Å²) in [6.07, 6.45) is 1.19. The number of rotatable bonds is 5. The molecule has 0 fully saturated rings. The van der Waals surface area contributed by atoms with E-state index in [4.69, 9.17) is 0 Å². The van der Waals surface area contributed by atoms with E-state index >= 15 is 0 Å². The lowest BCUT2D eigenvalue weighted by molar-refractivity contribution is -0.131. The summed E-state index contributed by atoms with van der Waals surface area (Å²) in [7, 11) is -1.37. The number of hydrogen-bond donors (Lipinski definition) is 0. The van der Waals surface area contributed by atoms with Crippen molar-refractivity contribution >= 4 is 27.1 Å². The fourth-order valence-electron chi connectivity index (χ4n) is 1.38. The molecule has 0 saturated heterocycles. The smallest absolute Gasteiger partial charge is 0.223 e. The molecule has 96 valence electrons. The van der Waals surface area contributed by atoms with Crippen molar-refractivity contribution in [1.82, 2.24) is 4.90 Å². The van der Waals surface area contributed by atoms with Crippen molar-refractivity contribution in [3.05, 3.63) is 22.4 Å². The Hall–Kier alpha value is -0.880. The zero-order valence-corrected chi connectivity index (χ0v) is 11.8. The van der Waals surface area contributed by atoms with Crippen LogP contribution in [0.2, 0.25) is 0 Å². The van der Waals surface area contributed by atoms with E-state index in [0.29, 0.717) is 0 Å². The first-order chi connectivity index (χ1) is 7.81. The van der Waals surface area contributed by atoms with Gasteiger partial charge in [-0.2, -0.15) is 0 Å². The molecule has 4 nitrogen and oxygen atoms in total. The number of thiophene rings is 1. The monoisotopic (exact) mass is 275 g/mol. The largest absolute Gasteiger partial charge is 0.338 e. The predicted molar refractivity (Wildman–Crippen MR) is 69.8 cm³/mol. The molecular formula is C11H17NO3S2. The molecule has 0 aliphatic heterocycles. The lowest BCUT2D eigenvalue weighted by Gasteiger charge is -2.24. The SMILES string of the molecule is CC(c1cccs1)N(C)C(=O)CCS(C)(=O)=O. The standard InChI is InChI=1S/C11H17NO3S2/c1-9(10-5-4-7-16-10)12(2)11(13)6-8-17(3,14)15/h4-5,7,9H,6,8H2,1-3H3. The molecule has 1 aromatic rings. The third-order valence-corrected chi connectivity index (χ3v) is 4.60. The van der Waals surface area contributed by atoms with Crippen LogP contribution >= 0.6 is 11.3 Å². The van der Waals surface area contributed by atoms with Crippen LogP contribution in [-0.4, -0.2) is 38.3 Å². The minimum absolute atomic E-state index is 0.0120. The van der Waals surface area contributed by atoms with Crippen molar-refractivity contribution in [2.45, 2.75) is 19.4 Å². The molecule has 1 atom stereocenters. The second kappa shape index (κ2) is 5.64. The number of hydrogen-bond acceptors (Lipinski definition) is 4. The summed E-state index contributed by atoms with van der Waals surface area (Å²) in [6, 6.07) is 3.89. The van der Waals surface area contributed by atoms with Crippen molar-refractivity contribution in [3.63, 3.8) is 0 Å². The molecule has 1 unspecified atom stereocenters. The average Bonchev–Trinajstić information content (AvgIpc) is 2.76. The zero-order valence-electron chi connectivity index (χ0n) is 10.2. The molecule has 0 bridgehead atoms. The summed E-state index contributed by atoms with van der Waals surface area (Å²) in [6.45, 7) is 1.93. The highest BCUT2D eigenvalue weighted by Gasteiger charge is 2.19. The Labute approximate surface area is 106 Å². The van der Waals surface area contributed by atoms with Crippen LogP contribution in [0.3, 0.4) is 0 Å². The van der Waals surface area contributed by atoms with Gasteiger partial charge in [0.1, 0.15) is 9.84 Å². The number of carbonyl (C=O) groups excluding carboxylic acids is 1. The van der Waals surface area contributed by atoms with Crippen molar-refractivity contribution in [2.75, 3.05) is 19.1 Å². The van der Waals surface area contributed by atoms with E-state index < -0.39 is 9.84 Å². The van der Waals surface area contributed by atoms with Gasteiger partial charge < -0.3 is 4.90 Å². The first kappa shape index (κ1) is 14.2. The van der Waals surface area contributed by atoms with Gasteiger partial charge in [0.2, 0.25) is 5.91 Å². The van der Waals surface area contributed by atoms with Gasteiger partial charge in [0, 0.05) is 24.6 Å². The van der Waals surface area contributed by atoms with Gasteiger partial charge in [-0.15, -0.1) is 11.3 Å². The highest BCUT2D eigenvalue weighted by atomic mass is 32.2. The zero-order chi connectivity index (χ0) is 13.1. The number of carbonyl (C=O) groups is 1. The fourth-order valence-corrected chi connectivity index (χ4v) is 2.76. The summed E-state index contributed by atoms with van der Waals surface area (Å²) in [5.41, 5.74) is 0. The number of sulfone groups is 1. The maximum absolute atomic E-state index is 11.8. The Bertz CT molecular complexity index is 465. The van der Waals surface area contributed by atoms with Crippen molar-refractivity contribution in [1.29, 1.82) is 0 Å². The van der Waals surface area contributed by atoms with E-state index in [1.165, 1.54) is 0 Å². The van der Waals surface area contributed by atoms with Crippen molar-refractivity contribution in [3.8, 4) is 0 Å². The molecular weight excluding hydrogens is 258 g/mol. The second-order valence-electron chi connectivity index (χ2n) is 4.08. The summed E-state index contributed by atoms with van der Waals surface area (Å²) in [5.74, 6) is -0.232. The Balaban J connectivity index is 2.58. The van der Waals surface area contributed by atoms with E-state index in [9.17, 15) is 13.2 Å². The molecule has 0 radical (unpaired) electrons. The van der Waals surface area contributed by atoms with Gasteiger partial charge in [-0.3, -0.25) is 4.79 Å². The van der Waals surface area contributed by atoms with Gasteiger partial charge in [-0.1, -0.05) is 6.07 Å². The van der Waals surface area contributed by atoms with Crippen LogP contribution in [0.25, 0.3) is 0 Å². The lowest BCUT2D eigenvalue weighted by Crippen LogP contribution is -2.30. The number of amides is 1. The van der Waals surface area contributed by atoms with Crippen molar-refractivity contribution in [2.24, 2.45) is 0 Å². The molecule has 0 N–H and O–H groups in total. The molecule has 0 saturated carbocycles. The van der Waals surface area contributed by atoms with Crippen molar-refractivity contribution < 1.29 is 13.2 Å². The van der Waals surface area contributed by atoms with E-state index in [2.05, 4.69) is 0 Å². The Morgan fingerprint density at radius 1 is 1.53 bits per heavy atom. The minimum atomic E-state index is -3.08. The molecule has 1 amide bonds. The maximum atomic E-state index is 11.8. The molecule has 1 aromatic heterocycles. The van der Waals surface area contributed by atoms with E-state index in [-0.39, 0.29) is 24.1 Å². The lowest BCUT2D eigenvalue weighted by atomic mass is 10.2. The highest BCUT2D eigenvalue weighted by Crippen LogP contribution is 2.23. The van der Waals surface area contributed by atoms with E-state index in [1.54, 1.807) is 23.3 Å². The first-order valence-electron chi connectivity index (χ1n) is 5.28. The van der Waals surface area contributed by atoms with Gasteiger partial charge in [-0.25, -0.2) is 8.42 Å². The second-order valence-corrected chi connectivity index (χ2v) is 7.31. The van der Waals surface area contributed by atoms with Gasteiger partial charge >= 0.3 is 0 Å².